The van der Waals surface area contributed by atoms with E-state index in [0.717, 1.165) is 11.0 Å². The highest BCUT2D eigenvalue weighted by molar-refractivity contribution is 9.10. The predicted octanol–water partition coefficient (Wildman–Crippen LogP) is 3.85. The molecule has 0 fully saturated rings. The van der Waals surface area contributed by atoms with Crippen molar-refractivity contribution in [2.24, 2.45) is 0 Å². The Hall–Kier alpha value is -1.73. The zero-order valence-electron chi connectivity index (χ0n) is 15.0. The molecule has 0 radical (unpaired) electrons. The normalized spacial score (nSPS) is 13.5. The average Bonchev–Trinajstić information content (AvgIpc) is 2.59. The number of hydrogen-bond donors (Lipinski definition) is 2. The summed E-state index contributed by atoms with van der Waals surface area (Å²) in [6.07, 6.45) is 1.81. The summed E-state index contributed by atoms with van der Waals surface area (Å²) in [7, 11) is 1.95. The van der Waals surface area contributed by atoms with Crippen LogP contribution in [0.3, 0.4) is 0 Å². The molecule has 6 heteroatoms. The second-order valence-electron chi connectivity index (χ2n) is 6.24. The number of nitrogens with one attached hydrogen (secondary N) is 1. The molecule has 26 heavy (non-hydrogen) atoms. The SMILES string of the molecule is C=CCN(C)CNCOc1ccc(C(C)(O)c2ccc(Br)cc2)c(F)c1. The molecule has 2 aromatic rings. The van der Waals surface area contributed by atoms with E-state index in [9.17, 15) is 9.50 Å². The Labute approximate surface area is 162 Å². The summed E-state index contributed by atoms with van der Waals surface area (Å²) in [5.41, 5.74) is -0.624. The van der Waals surface area contributed by atoms with E-state index in [1.807, 2.05) is 30.2 Å². The van der Waals surface area contributed by atoms with Crippen molar-refractivity contribution in [2.75, 3.05) is 27.0 Å². The first-order valence-electron chi connectivity index (χ1n) is 8.26. The minimum absolute atomic E-state index is 0.200. The fourth-order valence-electron chi connectivity index (χ4n) is 2.57. The van der Waals surface area contributed by atoms with E-state index < -0.39 is 11.4 Å². The molecule has 0 spiro atoms. The zero-order chi connectivity index (χ0) is 19.2. The van der Waals surface area contributed by atoms with Gasteiger partial charge in [-0.3, -0.25) is 10.2 Å². The number of ether oxygens (including phenoxy) is 1. The van der Waals surface area contributed by atoms with Crippen LogP contribution in [0.25, 0.3) is 0 Å². The second kappa shape index (κ2) is 9.28. The number of aliphatic hydroxyl groups is 1. The van der Waals surface area contributed by atoms with Crippen LogP contribution >= 0.6 is 15.9 Å². The molecule has 2 rings (SSSR count). The lowest BCUT2D eigenvalue weighted by Crippen LogP contribution is -2.33. The van der Waals surface area contributed by atoms with Gasteiger partial charge in [0.2, 0.25) is 0 Å². The standard InChI is InChI=1S/C20H24BrFN2O2/c1-4-11-24(3)13-23-14-26-17-9-10-18(19(22)12-17)20(2,25)15-5-7-16(21)8-6-15/h4-10,12,23,25H,1,11,13-14H2,2-3H3. The molecule has 1 unspecified atom stereocenters. The molecular weight excluding hydrogens is 399 g/mol. The fourth-order valence-corrected chi connectivity index (χ4v) is 2.83. The Bertz CT molecular complexity index is 735. The largest absolute Gasteiger partial charge is 0.478 e. The highest BCUT2D eigenvalue weighted by Gasteiger charge is 2.29. The first-order valence-corrected chi connectivity index (χ1v) is 9.05. The van der Waals surface area contributed by atoms with Crippen molar-refractivity contribution in [2.45, 2.75) is 12.5 Å². The molecule has 140 valence electrons. The van der Waals surface area contributed by atoms with E-state index in [1.165, 1.54) is 6.07 Å². The number of halogens is 2. The van der Waals surface area contributed by atoms with Crippen molar-refractivity contribution in [1.82, 2.24) is 10.2 Å². The van der Waals surface area contributed by atoms with Crippen LogP contribution in [0.2, 0.25) is 0 Å². The van der Waals surface area contributed by atoms with Gasteiger partial charge in [-0.1, -0.05) is 34.1 Å². The highest BCUT2D eigenvalue weighted by atomic mass is 79.9. The van der Waals surface area contributed by atoms with Crippen LogP contribution in [-0.4, -0.2) is 37.0 Å². The van der Waals surface area contributed by atoms with Crippen molar-refractivity contribution in [3.8, 4) is 5.75 Å². The van der Waals surface area contributed by atoms with Crippen LogP contribution in [0.15, 0.2) is 59.6 Å². The molecular formula is C20H24BrFN2O2. The monoisotopic (exact) mass is 422 g/mol. The molecule has 0 saturated carbocycles. The Kier molecular flexibility index (Phi) is 7.34. The number of likely N-dealkylation sites (N-methyl/N-ethyl adjacent to an activating group) is 1. The minimum Gasteiger partial charge on any atom is -0.478 e. The van der Waals surface area contributed by atoms with Gasteiger partial charge in [-0.05, 0) is 43.8 Å². The third kappa shape index (κ3) is 5.38. The summed E-state index contributed by atoms with van der Waals surface area (Å²) >= 11 is 3.35. The van der Waals surface area contributed by atoms with Gasteiger partial charge in [-0.25, -0.2) is 4.39 Å². The van der Waals surface area contributed by atoms with Gasteiger partial charge in [-0.15, -0.1) is 6.58 Å². The van der Waals surface area contributed by atoms with Gasteiger partial charge >= 0.3 is 0 Å². The Morgan fingerprint density at radius 1 is 1.31 bits per heavy atom. The highest BCUT2D eigenvalue weighted by Crippen LogP contribution is 2.33. The summed E-state index contributed by atoms with van der Waals surface area (Å²) in [4.78, 5) is 2.02. The van der Waals surface area contributed by atoms with Crippen LogP contribution in [-0.2, 0) is 5.60 Å². The van der Waals surface area contributed by atoms with Crippen molar-refractivity contribution in [3.63, 3.8) is 0 Å². The van der Waals surface area contributed by atoms with Crippen molar-refractivity contribution in [3.05, 3.63) is 76.5 Å². The van der Waals surface area contributed by atoms with Crippen LogP contribution in [0.1, 0.15) is 18.1 Å². The lowest BCUT2D eigenvalue weighted by molar-refractivity contribution is 0.0978. The Morgan fingerprint density at radius 2 is 2.00 bits per heavy atom. The van der Waals surface area contributed by atoms with Gasteiger partial charge in [0.15, 0.2) is 0 Å². The Balaban J connectivity index is 2.02. The van der Waals surface area contributed by atoms with Crippen molar-refractivity contribution < 1.29 is 14.2 Å². The van der Waals surface area contributed by atoms with E-state index in [0.29, 0.717) is 18.0 Å². The topological polar surface area (TPSA) is 44.7 Å². The number of rotatable bonds is 9. The quantitative estimate of drug-likeness (QED) is 0.366. The number of nitrogens with zero attached hydrogens (tertiary/aromatic N) is 1. The molecule has 0 saturated heterocycles. The first-order chi connectivity index (χ1) is 12.3. The predicted molar refractivity (Wildman–Crippen MR) is 106 cm³/mol. The van der Waals surface area contributed by atoms with E-state index in [-0.39, 0.29) is 12.3 Å². The van der Waals surface area contributed by atoms with Crippen molar-refractivity contribution in [1.29, 1.82) is 0 Å². The summed E-state index contributed by atoms with van der Waals surface area (Å²) in [5, 5.41) is 13.9. The number of hydrogen-bond acceptors (Lipinski definition) is 4. The Morgan fingerprint density at radius 3 is 2.62 bits per heavy atom. The maximum atomic E-state index is 14.6. The van der Waals surface area contributed by atoms with Gasteiger partial charge in [0, 0.05) is 22.6 Å². The molecule has 0 aliphatic carbocycles. The molecule has 0 aliphatic rings. The van der Waals surface area contributed by atoms with E-state index >= 15 is 0 Å². The summed E-state index contributed by atoms with van der Waals surface area (Å²) < 4.78 is 21.0. The molecule has 2 N–H and O–H groups in total. The van der Waals surface area contributed by atoms with Crippen LogP contribution in [0.5, 0.6) is 5.75 Å². The lowest BCUT2D eigenvalue weighted by atomic mass is 9.88. The molecule has 0 heterocycles. The summed E-state index contributed by atoms with van der Waals surface area (Å²) in [6.45, 7) is 6.90. The van der Waals surface area contributed by atoms with Gasteiger partial charge in [0.25, 0.3) is 0 Å². The lowest BCUT2D eigenvalue weighted by Gasteiger charge is -2.25. The zero-order valence-corrected chi connectivity index (χ0v) is 16.6. The van der Waals surface area contributed by atoms with Gasteiger partial charge < -0.3 is 9.84 Å². The molecule has 0 amide bonds. The third-order valence-electron chi connectivity index (χ3n) is 4.03. The molecule has 0 bridgehead atoms. The van der Waals surface area contributed by atoms with Gasteiger partial charge in [0.05, 0.1) is 6.67 Å². The maximum Gasteiger partial charge on any atom is 0.140 e. The first kappa shape index (κ1) is 20.6. The summed E-state index contributed by atoms with van der Waals surface area (Å²) in [5.74, 6) is -0.115. The minimum atomic E-state index is -1.44. The second-order valence-corrected chi connectivity index (χ2v) is 7.16. The van der Waals surface area contributed by atoms with Crippen LogP contribution < -0.4 is 10.1 Å². The molecule has 1 atom stereocenters. The number of benzene rings is 2. The molecule has 4 nitrogen and oxygen atoms in total. The maximum absolute atomic E-state index is 14.6. The van der Waals surface area contributed by atoms with E-state index in [4.69, 9.17) is 4.74 Å². The average molecular weight is 423 g/mol. The van der Waals surface area contributed by atoms with Gasteiger partial charge in [-0.2, -0.15) is 0 Å². The molecule has 2 aromatic carbocycles. The van der Waals surface area contributed by atoms with E-state index in [1.54, 1.807) is 31.2 Å². The van der Waals surface area contributed by atoms with E-state index in [2.05, 4.69) is 27.8 Å². The van der Waals surface area contributed by atoms with Gasteiger partial charge in [0.1, 0.15) is 23.9 Å². The van der Waals surface area contributed by atoms with Crippen molar-refractivity contribution >= 4 is 15.9 Å². The van der Waals surface area contributed by atoms with Crippen LogP contribution in [0, 0.1) is 5.82 Å². The molecule has 0 aromatic heterocycles. The summed E-state index contributed by atoms with van der Waals surface area (Å²) in [6, 6.07) is 11.6. The third-order valence-corrected chi connectivity index (χ3v) is 4.56. The van der Waals surface area contributed by atoms with Crippen LogP contribution in [0.4, 0.5) is 4.39 Å². The smallest absolute Gasteiger partial charge is 0.140 e. The fraction of sp³-hybridized carbons (Fsp3) is 0.300. The molecule has 0 aliphatic heterocycles.